The first-order valence-electron chi connectivity index (χ1n) is 5.58. The number of nitrogens with one attached hydrogen (secondary N) is 1. The van der Waals surface area contributed by atoms with Crippen molar-refractivity contribution in [1.82, 2.24) is 4.98 Å². The predicted octanol–water partition coefficient (Wildman–Crippen LogP) is 2.54. The summed E-state index contributed by atoms with van der Waals surface area (Å²) in [7, 11) is 0. The fourth-order valence-corrected chi connectivity index (χ4v) is 1.54. The van der Waals surface area contributed by atoms with Crippen molar-refractivity contribution in [2.24, 2.45) is 0 Å². The van der Waals surface area contributed by atoms with Gasteiger partial charge in [0.15, 0.2) is 5.89 Å². The second-order valence-corrected chi connectivity index (χ2v) is 4.03. The van der Waals surface area contributed by atoms with Gasteiger partial charge >= 0.3 is 5.97 Å². The Balaban J connectivity index is 2.13. The van der Waals surface area contributed by atoms with E-state index in [-0.39, 0.29) is 0 Å². The van der Waals surface area contributed by atoms with Gasteiger partial charge in [-0.3, -0.25) is 4.79 Å². The molecule has 0 bridgehead atoms. The van der Waals surface area contributed by atoms with Crippen molar-refractivity contribution >= 4 is 11.7 Å². The summed E-state index contributed by atoms with van der Waals surface area (Å²) in [6.45, 7) is 3.38. The molecule has 0 spiro atoms. The van der Waals surface area contributed by atoms with E-state index in [0.29, 0.717) is 5.89 Å². The predicted molar refractivity (Wildman–Crippen MR) is 67.4 cm³/mol. The molecule has 94 valence electrons. The van der Waals surface area contributed by atoms with Gasteiger partial charge in [0.2, 0.25) is 0 Å². The summed E-state index contributed by atoms with van der Waals surface area (Å²) >= 11 is 0. The molecule has 5 nitrogen and oxygen atoms in total. The molecule has 0 saturated heterocycles. The average Bonchev–Trinajstić information content (AvgIpc) is 2.76. The number of oxazole rings is 1. The number of nitrogens with zero attached hydrogens (tertiary/aromatic N) is 1. The Morgan fingerprint density at radius 2 is 2.06 bits per heavy atom. The number of carboxylic acids is 1. The quantitative estimate of drug-likeness (QED) is 0.867. The highest BCUT2D eigenvalue weighted by molar-refractivity contribution is 5.77. The fourth-order valence-electron chi connectivity index (χ4n) is 1.54. The van der Waals surface area contributed by atoms with Gasteiger partial charge in [0.1, 0.15) is 18.0 Å². The van der Waals surface area contributed by atoms with Crippen LogP contribution in [-0.4, -0.2) is 22.1 Å². The average molecular weight is 246 g/mol. The molecule has 2 N–H and O–H groups in total. The second-order valence-electron chi connectivity index (χ2n) is 4.03. The number of carboxylic acid groups (broad SMARTS) is 1. The summed E-state index contributed by atoms with van der Waals surface area (Å²) in [5, 5.41) is 11.7. The van der Waals surface area contributed by atoms with E-state index in [1.54, 1.807) is 20.1 Å². The lowest BCUT2D eigenvalue weighted by Gasteiger charge is -2.10. The van der Waals surface area contributed by atoms with Crippen molar-refractivity contribution in [3.05, 3.63) is 36.4 Å². The molecule has 1 aromatic carbocycles. The number of hydrogen-bond donors (Lipinski definition) is 2. The third-order valence-corrected chi connectivity index (χ3v) is 2.55. The zero-order chi connectivity index (χ0) is 13.1. The van der Waals surface area contributed by atoms with Crippen molar-refractivity contribution in [1.29, 1.82) is 0 Å². The van der Waals surface area contributed by atoms with Crippen LogP contribution in [0.4, 0.5) is 5.69 Å². The standard InChI is InChI=1S/C13H14N2O3/c1-8(13(16)17)14-11-5-3-10(4-6-11)12-7-18-9(2)15-12/h3-8,14H,1-2H3,(H,16,17). The molecule has 0 amide bonds. The lowest BCUT2D eigenvalue weighted by atomic mass is 10.1. The maximum atomic E-state index is 10.7. The first-order chi connectivity index (χ1) is 8.56. The van der Waals surface area contributed by atoms with Gasteiger partial charge in [-0.1, -0.05) is 12.1 Å². The Kier molecular flexibility index (Phi) is 3.32. The van der Waals surface area contributed by atoms with Crippen LogP contribution < -0.4 is 5.32 Å². The van der Waals surface area contributed by atoms with Crippen LogP contribution in [0.25, 0.3) is 11.3 Å². The third kappa shape index (κ3) is 2.68. The first kappa shape index (κ1) is 12.2. The number of aryl methyl sites for hydroxylation is 1. The van der Waals surface area contributed by atoms with Crippen molar-refractivity contribution in [3.63, 3.8) is 0 Å². The van der Waals surface area contributed by atoms with Gasteiger partial charge < -0.3 is 14.8 Å². The van der Waals surface area contributed by atoms with Crippen molar-refractivity contribution in [3.8, 4) is 11.3 Å². The topological polar surface area (TPSA) is 75.4 Å². The maximum Gasteiger partial charge on any atom is 0.325 e. The molecule has 1 unspecified atom stereocenters. The van der Waals surface area contributed by atoms with Gasteiger partial charge in [0, 0.05) is 18.2 Å². The molecule has 18 heavy (non-hydrogen) atoms. The number of aliphatic carboxylic acids is 1. The molecule has 5 heteroatoms. The van der Waals surface area contributed by atoms with Gasteiger partial charge in [-0.25, -0.2) is 4.98 Å². The van der Waals surface area contributed by atoms with Crippen LogP contribution in [0.5, 0.6) is 0 Å². The molecule has 0 fully saturated rings. The normalized spacial score (nSPS) is 12.1. The van der Waals surface area contributed by atoms with E-state index in [1.165, 1.54) is 0 Å². The first-order valence-corrected chi connectivity index (χ1v) is 5.58. The molecule has 1 aromatic heterocycles. The minimum absolute atomic E-state index is 0.617. The monoisotopic (exact) mass is 246 g/mol. The van der Waals surface area contributed by atoms with Crippen LogP contribution in [0.15, 0.2) is 34.9 Å². The summed E-state index contributed by atoms with van der Waals surface area (Å²) in [6.07, 6.45) is 1.59. The zero-order valence-electron chi connectivity index (χ0n) is 10.2. The van der Waals surface area contributed by atoms with E-state index in [0.717, 1.165) is 16.9 Å². The van der Waals surface area contributed by atoms with E-state index in [9.17, 15) is 4.79 Å². The molecule has 2 aromatic rings. The smallest absolute Gasteiger partial charge is 0.325 e. The van der Waals surface area contributed by atoms with Crippen LogP contribution in [-0.2, 0) is 4.79 Å². The summed E-state index contributed by atoms with van der Waals surface area (Å²) in [4.78, 5) is 14.9. The molecule has 0 aliphatic heterocycles. The van der Waals surface area contributed by atoms with Crippen LogP contribution in [0.3, 0.4) is 0 Å². The summed E-state index contributed by atoms with van der Waals surface area (Å²) in [5.74, 6) is -0.266. The van der Waals surface area contributed by atoms with Crippen LogP contribution >= 0.6 is 0 Å². The number of benzene rings is 1. The number of carbonyl (C=O) groups is 1. The van der Waals surface area contributed by atoms with E-state index in [2.05, 4.69) is 10.3 Å². The lowest BCUT2D eigenvalue weighted by Crippen LogP contribution is -2.25. The van der Waals surface area contributed by atoms with Gasteiger partial charge in [-0.2, -0.15) is 0 Å². The minimum atomic E-state index is -0.883. The van der Waals surface area contributed by atoms with Crippen LogP contribution in [0.1, 0.15) is 12.8 Å². The Hall–Kier alpha value is -2.30. The summed E-state index contributed by atoms with van der Waals surface area (Å²) in [5.41, 5.74) is 2.46. The molecule has 0 radical (unpaired) electrons. The Morgan fingerprint density at radius 3 is 2.56 bits per heavy atom. The van der Waals surface area contributed by atoms with E-state index >= 15 is 0 Å². The van der Waals surface area contributed by atoms with Crippen LogP contribution in [0.2, 0.25) is 0 Å². The minimum Gasteiger partial charge on any atom is -0.480 e. The molecule has 1 atom stereocenters. The van der Waals surface area contributed by atoms with Gasteiger partial charge in [0.05, 0.1) is 0 Å². The number of rotatable bonds is 4. The van der Waals surface area contributed by atoms with Crippen molar-refractivity contribution in [2.75, 3.05) is 5.32 Å². The summed E-state index contributed by atoms with van der Waals surface area (Å²) in [6, 6.07) is 6.75. The van der Waals surface area contributed by atoms with Gasteiger partial charge in [0.25, 0.3) is 0 Å². The molecule has 0 saturated carbocycles. The highest BCUT2D eigenvalue weighted by Gasteiger charge is 2.10. The van der Waals surface area contributed by atoms with E-state index in [4.69, 9.17) is 9.52 Å². The van der Waals surface area contributed by atoms with Gasteiger partial charge in [-0.15, -0.1) is 0 Å². The lowest BCUT2D eigenvalue weighted by molar-refractivity contribution is -0.137. The number of aromatic nitrogens is 1. The third-order valence-electron chi connectivity index (χ3n) is 2.55. The number of hydrogen-bond acceptors (Lipinski definition) is 4. The van der Waals surface area contributed by atoms with Crippen molar-refractivity contribution < 1.29 is 14.3 Å². The van der Waals surface area contributed by atoms with Crippen molar-refractivity contribution in [2.45, 2.75) is 19.9 Å². The molecule has 2 rings (SSSR count). The second kappa shape index (κ2) is 4.91. The molecule has 0 aliphatic carbocycles. The largest absolute Gasteiger partial charge is 0.480 e. The summed E-state index contributed by atoms with van der Waals surface area (Å²) < 4.78 is 5.14. The van der Waals surface area contributed by atoms with E-state index < -0.39 is 12.0 Å². The zero-order valence-corrected chi connectivity index (χ0v) is 10.2. The highest BCUT2D eigenvalue weighted by Crippen LogP contribution is 2.20. The van der Waals surface area contributed by atoms with E-state index in [1.807, 2.05) is 24.3 Å². The number of anilines is 1. The molecule has 1 heterocycles. The van der Waals surface area contributed by atoms with Crippen LogP contribution in [0, 0.1) is 6.92 Å². The maximum absolute atomic E-state index is 10.7. The fraction of sp³-hybridized carbons (Fsp3) is 0.231. The highest BCUT2D eigenvalue weighted by atomic mass is 16.4. The molecule has 0 aliphatic rings. The SMILES string of the molecule is Cc1nc(-c2ccc(NC(C)C(=O)O)cc2)co1. The molecular weight excluding hydrogens is 232 g/mol. The Bertz CT molecular complexity index is 546. The Labute approximate surface area is 104 Å². The van der Waals surface area contributed by atoms with Gasteiger partial charge in [-0.05, 0) is 19.1 Å². The Morgan fingerprint density at radius 1 is 1.39 bits per heavy atom. The molecular formula is C13H14N2O3.